The maximum absolute atomic E-state index is 13.3. The fourth-order valence-corrected chi connectivity index (χ4v) is 3.21. The van der Waals surface area contributed by atoms with Crippen LogP contribution in [0.4, 0.5) is 15.9 Å². The third kappa shape index (κ3) is 4.14. The Morgan fingerprint density at radius 3 is 2.39 bits per heavy atom. The van der Waals surface area contributed by atoms with Crippen molar-refractivity contribution in [3.8, 4) is 17.4 Å². The molecule has 3 aromatic rings. The Hall–Kier alpha value is -3.35. The summed E-state index contributed by atoms with van der Waals surface area (Å²) < 4.78 is 24.3. The first kappa shape index (κ1) is 18.0. The number of aromatic nitrogens is 2. The molecule has 1 fully saturated rings. The lowest BCUT2D eigenvalue weighted by atomic mass is 10.2. The van der Waals surface area contributed by atoms with Gasteiger partial charge >= 0.3 is 0 Å². The zero-order valence-electron chi connectivity index (χ0n) is 15.6. The first-order valence-electron chi connectivity index (χ1n) is 9.11. The van der Waals surface area contributed by atoms with Crippen molar-refractivity contribution in [2.45, 2.75) is 0 Å². The number of piperazine rings is 1. The molecule has 1 saturated heterocycles. The maximum atomic E-state index is 13.3. The van der Waals surface area contributed by atoms with Gasteiger partial charge < -0.3 is 19.3 Å². The number of methoxy groups -OCH3 is 1. The average Bonchev–Trinajstić information content (AvgIpc) is 2.74. The Balaban J connectivity index is 1.42. The third-order valence-electron chi connectivity index (χ3n) is 4.67. The molecular formula is C21H21FN4O2. The molecule has 7 heteroatoms. The minimum absolute atomic E-state index is 0.347. The molecule has 28 heavy (non-hydrogen) atoms. The van der Waals surface area contributed by atoms with Gasteiger partial charge in [0.15, 0.2) is 0 Å². The summed E-state index contributed by atoms with van der Waals surface area (Å²) in [5.74, 6) is 2.11. The third-order valence-corrected chi connectivity index (χ3v) is 4.67. The molecule has 0 unspecified atom stereocenters. The summed E-state index contributed by atoms with van der Waals surface area (Å²) in [7, 11) is 1.68. The molecule has 0 spiro atoms. The van der Waals surface area contributed by atoms with Crippen molar-refractivity contribution in [2.24, 2.45) is 0 Å². The van der Waals surface area contributed by atoms with Crippen LogP contribution in [0.3, 0.4) is 0 Å². The van der Waals surface area contributed by atoms with Gasteiger partial charge in [0, 0.05) is 50.1 Å². The highest BCUT2D eigenvalue weighted by atomic mass is 19.1. The van der Waals surface area contributed by atoms with Crippen LogP contribution < -0.4 is 19.3 Å². The summed E-state index contributed by atoms with van der Waals surface area (Å²) in [6.07, 6.45) is 1.47. The second-order valence-electron chi connectivity index (χ2n) is 6.45. The van der Waals surface area contributed by atoms with E-state index in [0.29, 0.717) is 11.6 Å². The molecule has 0 atom stereocenters. The Morgan fingerprint density at radius 2 is 1.61 bits per heavy atom. The minimum atomic E-state index is -0.347. The van der Waals surface area contributed by atoms with E-state index in [2.05, 4.69) is 25.8 Å². The topological polar surface area (TPSA) is 50.7 Å². The van der Waals surface area contributed by atoms with Crippen LogP contribution in [-0.4, -0.2) is 43.3 Å². The van der Waals surface area contributed by atoms with Crippen molar-refractivity contribution in [3.05, 3.63) is 66.7 Å². The molecule has 0 radical (unpaired) electrons. The molecule has 1 aliphatic heterocycles. The van der Waals surface area contributed by atoms with Crippen molar-refractivity contribution in [1.82, 2.24) is 9.97 Å². The summed E-state index contributed by atoms with van der Waals surface area (Å²) in [5, 5.41) is 0. The van der Waals surface area contributed by atoms with Gasteiger partial charge in [-0.1, -0.05) is 12.1 Å². The number of nitrogens with zero attached hydrogens (tertiary/aromatic N) is 4. The van der Waals surface area contributed by atoms with Gasteiger partial charge in [0.1, 0.15) is 29.5 Å². The minimum Gasteiger partial charge on any atom is -0.497 e. The largest absolute Gasteiger partial charge is 0.497 e. The number of ether oxygens (including phenoxy) is 2. The van der Waals surface area contributed by atoms with Crippen molar-refractivity contribution >= 4 is 11.5 Å². The van der Waals surface area contributed by atoms with Gasteiger partial charge in [0.25, 0.3) is 0 Å². The Morgan fingerprint density at radius 1 is 0.857 bits per heavy atom. The second-order valence-corrected chi connectivity index (χ2v) is 6.45. The van der Waals surface area contributed by atoms with E-state index >= 15 is 0 Å². The number of hydrogen-bond donors (Lipinski definition) is 0. The maximum Gasteiger partial charge on any atom is 0.224 e. The van der Waals surface area contributed by atoms with Crippen LogP contribution in [0.25, 0.3) is 0 Å². The molecule has 0 N–H and O–H groups in total. The summed E-state index contributed by atoms with van der Waals surface area (Å²) in [6, 6.07) is 15.9. The van der Waals surface area contributed by atoms with Gasteiger partial charge in [0.2, 0.25) is 5.88 Å². The van der Waals surface area contributed by atoms with Crippen LogP contribution in [0.1, 0.15) is 0 Å². The number of rotatable bonds is 5. The normalized spacial score (nSPS) is 14.1. The molecular weight excluding hydrogens is 359 g/mol. The van der Waals surface area contributed by atoms with E-state index in [-0.39, 0.29) is 5.82 Å². The summed E-state index contributed by atoms with van der Waals surface area (Å²) in [6.45, 7) is 3.40. The van der Waals surface area contributed by atoms with Crippen LogP contribution in [0.15, 0.2) is 60.9 Å². The van der Waals surface area contributed by atoms with Crippen LogP contribution >= 0.6 is 0 Å². The Kier molecular flexibility index (Phi) is 5.23. The van der Waals surface area contributed by atoms with Crippen molar-refractivity contribution in [2.75, 3.05) is 43.1 Å². The van der Waals surface area contributed by atoms with E-state index in [0.717, 1.165) is 43.4 Å². The lowest BCUT2D eigenvalue weighted by molar-refractivity contribution is 0.414. The molecule has 0 aliphatic carbocycles. The average molecular weight is 380 g/mol. The first-order valence-corrected chi connectivity index (χ1v) is 9.11. The van der Waals surface area contributed by atoms with Crippen LogP contribution in [0, 0.1) is 5.82 Å². The zero-order valence-corrected chi connectivity index (χ0v) is 15.6. The first-order chi connectivity index (χ1) is 13.7. The smallest absolute Gasteiger partial charge is 0.224 e. The van der Waals surface area contributed by atoms with E-state index in [4.69, 9.17) is 9.47 Å². The molecule has 4 rings (SSSR count). The molecule has 0 bridgehead atoms. The van der Waals surface area contributed by atoms with Crippen molar-refractivity contribution in [3.63, 3.8) is 0 Å². The van der Waals surface area contributed by atoms with Gasteiger partial charge in [0.05, 0.1) is 7.11 Å². The highest BCUT2D eigenvalue weighted by molar-refractivity contribution is 5.53. The Labute approximate surface area is 163 Å². The molecule has 1 aliphatic rings. The monoisotopic (exact) mass is 380 g/mol. The highest BCUT2D eigenvalue weighted by Gasteiger charge is 2.19. The van der Waals surface area contributed by atoms with Crippen molar-refractivity contribution < 1.29 is 13.9 Å². The number of anilines is 2. The summed E-state index contributed by atoms with van der Waals surface area (Å²) in [5.41, 5.74) is 1.15. The summed E-state index contributed by atoms with van der Waals surface area (Å²) in [4.78, 5) is 13.0. The predicted molar refractivity (Wildman–Crippen MR) is 106 cm³/mol. The van der Waals surface area contributed by atoms with Gasteiger partial charge in [-0.3, -0.25) is 0 Å². The van der Waals surface area contributed by atoms with Gasteiger partial charge in [-0.05, 0) is 24.3 Å². The quantitative estimate of drug-likeness (QED) is 0.672. The molecule has 2 heterocycles. The fourth-order valence-electron chi connectivity index (χ4n) is 3.21. The fraction of sp³-hybridized carbons (Fsp3) is 0.238. The number of halogens is 1. The molecule has 0 saturated carbocycles. The lowest BCUT2D eigenvalue weighted by Gasteiger charge is -2.36. The van der Waals surface area contributed by atoms with Gasteiger partial charge in [-0.15, -0.1) is 0 Å². The van der Waals surface area contributed by atoms with E-state index < -0.39 is 0 Å². The molecule has 6 nitrogen and oxygen atoms in total. The van der Waals surface area contributed by atoms with Crippen LogP contribution in [-0.2, 0) is 0 Å². The molecule has 1 aromatic heterocycles. The molecule has 2 aromatic carbocycles. The molecule has 144 valence electrons. The van der Waals surface area contributed by atoms with Gasteiger partial charge in [-0.2, -0.15) is 0 Å². The predicted octanol–water partition coefficient (Wildman–Crippen LogP) is 3.74. The summed E-state index contributed by atoms with van der Waals surface area (Å²) >= 11 is 0. The number of benzene rings is 2. The Bertz CT molecular complexity index is 945. The highest BCUT2D eigenvalue weighted by Crippen LogP contribution is 2.25. The van der Waals surface area contributed by atoms with E-state index in [1.165, 1.54) is 18.5 Å². The van der Waals surface area contributed by atoms with Crippen molar-refractivity contribution in [1.29, 1.82) is 0 Å². The lowest BCUT2D eigenvalue weighted by Crippen LogP contribution is -2.46. The zero-order chi connectivity index (χ0) is 19.3. The second kappa shape index (κ2) is 8.12. The van der Waals surface area contributed by atoms with Crippen LogP contribution in [0.5, 0.6) is 17.4 Å². The number of hydrogen-bond acceptors (Lipinski definition) is 6. The SMILES string of the molecule is COc1cccc(N2CCN(c3cc(Oc4cccc(F)c4)ncn3)CC2)c1. The van der Waals surface area contributed by atoms with E-state index in [9.17, 15) is 4.39 Å². The molecule has 0 amide bonds. The standard InChI is InChI=1S/C21H21FN4O2/c1-27-18-6-3-5-17(13-18)25-8-10-26(11-9-25)20-14-21(24-15-23-20)28-19-7-2-4-16(22)12-19/h2-7,12-15H,8-11H2,1H3. The van der Waals surface area contributed by atoms with E-state index in [1.807, 2.05) is 18.2 Å². The van der Waals surface area contributed by atoms with Gasteiger partial charge in [-0.25, -0.2) is 14.4 Å². The van der Waals surface area contributed by atoms with E-state index in [1.54, 1.807) is 25.3 Å². The van der Waals surface area contributed by atoms with Crippen LogP contribution in [0.2, 0.25) is 0 Å².